The standard InChI is InChI=1S/C11H12N2OS2/c1-6-4-16-11(12-6)13-10(14)9-5-15-8(3)7(9)2/h4-5H,1-3H3,(H,12,13,14). The summed E-state index contributed by atoms with van der Waals surface area (Å²) >= 11 is 3.04. The molecule has 0 saturated heterocycles. The zero-order valence-electron chi connectivity index (χ0n) is 9.33. The molecule has 0 saturated carbocycles. The van der Waals surface area contributed by atoms with Crippen molar-refractivity contribution in [2.24, 2.45) is 0 Å². The topological polar surface area (TPSA) is 42.0 Å². The van der Waals surface area contributed by atoms with E-state index >= 15 is 0 Å². The van der Waals surface area contributed by atoms with Crippen molar-refractivity contribution in [1.82, 2.24) is 4.98 Å². The van der Waals surface area contributed by atoms with Crippen molar-refractivity contribution in [3.8, 4) is 0 Å². The fraction of sp³-hybridized carbons (Fsp3) is 0.273. The molecule has 2 aromatic heterocycles. The van der Waals surface area contributed by atoms with Crippen molar-refractivity contribution in [3.05, 3.63) is 32.5 Å². The first-order chi connectivity index (χ1) is 7.58. The summed E-state index contributed by atoms with van der Waals surface area (Å²) in [5.74, 6) is -0.0730. The van der Waals surface area contributed by atoms with Crippen LogP contribution in [0.15, 0.2) is 10.8 Å². The zero-order valence-corrected chi connectivity index (χ0v) is 11.0. The van der Waals surface area contributed by atoms with Crippen LogP contribution in [-0.2, 0) is 0 Å². The van der Waals surface area contributed by atoms with E-state index in [-0.39, 0.29) is 5.91 Å². The zero-order chi connectivity index (χ0) is 11.7. The highest BCUT2D eigenvalue weighted by atomic mass is 32.1. The quantitative estimate of drug-likeness (QED) is 0.890. The van der Waals surface area contributed by atoms with E-state index in [0.717, 1.165) is 16.8 Å². The number of nitrogens with zero attached hydrogens (tertiary/aromatic N) is 1. The SMILES string of the molecule is Cc1csc(NC(=O)c2csc(C)c2C)n1. The first kappa shape index (κ1) is 11.3. The third kappa shape index (κ3) is 2.15. The van der Waals surface area contributed by atoms with Crippen molar-refractivity contribution in [2.75, 3.05) is 5.32 Å². The number of carbonyl (C=O) groups is 1. The average molecular weight is 252 g/mol. The number of rotatable bonds is 2. The molecule has 0 aromatic carbocycles. The molecule has 1 N–H and O–H groups in total. The van der Waals surface area contributed by atoms with Gasteiger partial charge in [0, 0.05) is 15.6 Å². The van der Waals surface area contributed by atoms with Gasteiger partial charge in [0.15, 0.2) is 5.13 Å². The number of thiazole rings is 1. The molecule has 2 heterocycles. The van der Waals surface area contributed by atoms with Gasteiger partial charge in [0.25, 0.3) is 5.91 Å². The van der Waals surface area contributed by atoms with Crippen molar-refractivity contribution in [2.45, 2.75) is 20.8 Å². The predicted octanol–water partition coefficient (Wildman–Crippen LogP) is 3.38. The maximum atomic E-state index is 11.9. The minimum absolute atomic E-state index is 0.0730. The Morgan fingerprint density at radius 3 is 2.50 bits per heavy atom. The van der Waals surface area contributed by atoms with Crippen LogP contribution in [0.5, 0.6) is 0 Å². The fourth-order valence-corrected chi connectivity index (χ4v) is 2.86. The predicted molar refractivity (Wildman–Crippen MR) is 68.6 cm³/mol. The number of amides is 1. The summed E-state index contributed by atoms with van der Waals surface area (Å²) in [6, 6.07) is 0. The first-order valence-corrected chi connectivity index (χ1v) is 6.62. The number of nitrogens with one attached hydrogen (secondary N) is 1. The molecular weight excluding hydrogens is 240 g/mol. The minimum atomic E-state index is -0.0730. The van der Waals surface area contributed by atoms with Crippen LogP contribution in [0.1, 0.15) is 26.5 Å². The lowest BCUT2D eigenvalue weighted by Gasteiger charge is -2.00. The summed E-state index contributed by atoms with van der Waals surface area (Å²) in [5.41, 5.74) is 2.73. The van der Waals surface area contributed by atoms with Crippen molar-refractivity contribution in [3.63, 3.8) is 0 Å². The molecular formula is C11H12N2OS2. The summed E-state index contributed by atoms with van der Waals surface area (Å²) in [7, 11) is 0. The molecule has 84 valence electrons. The molecule has 0 bridgehead atoms. The van der Waals surface area contributed by atoms with Crippen LogP contribution in [0.3, 0.4) is 0 Å². The van der Waals surface area contributed by atoms with E-state index in [1.165, 1.54) is 16.2 Å². The number of hydrogen-bond acceptors (Lipinski definition) is 4. The largest absolute Gasteiger partial charge is 0.298 e. The van der Waals surface area contributed by atoms with E-state index < -0.39 is 0 Å². The Balaban J connectivity index is 2.18. The minimum Gasteiger partial charge on any atom is -0.298 e. The van der Waals surface area contributed by atoms with Gasteiger partial charge >= 0.3 is 0 Å². The van der Waals surface area contributed by atoms with E-state index in [1.54, 1.807) is 11.3 Å². The van der Waals surface area contributed by atoms with Gasteiger partial charge in [-0.2, -0.15) is 0 Å². The van der Waals surface area contributed by atoms with E-state index in [1.807, 2.05) is 31.5 Å². The Labute approximate surface area is 102 Å². The number of aromatic nitrogens is 1. The average Bonchev–Trinajstić information content (AvgIpc) is 2.76. The van der Waals surface area contributed by atoms with Crippen molar-refractivity contribution in [1.29, 1.82) is 0 Å². The molecule has 0 spiro atoms. The third-order valence-electron chi connectivity index (χ3n) is 2.37. The van der Waals surface area contributed by atoms with Gasteiger partial charge in [0.2, 0.25) is 0 Å². The summed E-state index contributed by atoms with van der Waals surface area (Å²) in [6.07, 6.45) is 0. The maximum absolute atomic E-state index is 11.9. The second-order valence-electron chi connectivity index (χ2n) is 3.58. The lowest BCUT2D eigenvalue weighted by atomic mass is 10.2. The van der Waals surface area contributed by atoms with Crippen LogP contribution in [0, 0.1) is 20.8 Å². The van der Waals surface area contributed by atoms with Gasteiger partial charge in [-0.05, 0) is 26.3 Å². The lowest BCUT2D eigenvalue weighted by molar-refractivity contribution is 0.102. The number of anilines is 1. The van der Waals surface area contributed by atoms with Crippen LogP contribution in [0.25, 0.3) is 0 Å². The van der Waals surface area contributed by atoms with E-state index in [2.05, 4.69) is 10.3 Å². The van der Waals surface area contributed by atoms with Gasteiger partial charge in [-0.25, -0.2) is 4.98 Å². The molecule has 16 heavy (non-hydrogen) atoms. The van der Waals surface area contributed by atoms with Crippen molar-refractivity contribution >= 4 is 33.7 Å². The first-order valence-electron chi connectivity index (χ1n) is 4.86. The monoisotopic (exact) mass is 252 g/mol. The fourth-order valence-electron chi connectivity index (χ4n) is 1.31. The number of hydrogen-bond donors (Lipinski definition) is 1. The highest BCUT2D eigenvalue weighted by molar-refractivity contribution is 7.14. The molecule has 2 aromatic rings. The molecule has 0 unspecified atom stereocenters. The van der Waals surface area contributed by atoms with Gasteiger partial charge in [0.05, 0.1) is 11.3 Å². The third-order valence-corrected chi connectivity index (χ3v) is 4.26. The van der Waals surface area contributed by atoms with Crippen LogP contribution >= 0.6 is 22.7 Å². The normalized spacial score (nSPS) is 10.4. The van der Waals surface area contributed by atoms with Crippen LogP contribution in [0.4, 0.5) is 5.13 Å². The van der Waals surface area contributed by atoms with E-state index in [4.69, 9.17) is 0 Å². The van der Waals surface area contributed by atoms with E-state index in [0.29, 0.717) is 5.13 Å². The van der Waals surface area contributed by atoms with Crippen LogP contribution in [-0.4, -0.2) is 10.9 Å². The maximum Gasteiger partial charge on any atom is 0.258 e. The number of thiophene rings is 1. The molecule has 2 rings (SSSR count). The smallest absolute Gasteiger partial charge is 0.258 e. The molecule has 0 fully saturated rings. The van der Waals surface area contributed by atoms with Gasteiger partial charge in [-0.3, -0.25) is 10.1 Å². The van der Waals surface area contributed by atoms with E-state index in [9.17, 15) is 4.79 Å². The Morgan fingerprint density at radius 2 is 2.00 bits per heavy atom. The second kappa shape index (κ2) is 4.35. The molecule has 5 heteroatoms. The molecule has 0 radical (unpaired) electrons. The molecule has 0 aliphatic carbocycles. The van der Waals surface area contributed by atoms with Crippen LogP contribution in [0.2, 0.25) is 0 Å². The highest BCUT2D eigenvalue weighted by Crippen LogP contribution is 2.22. The summed E-state index contributed by atoms with van der Waals surface area (Å²) in [6.45, 7) is 5.89. The summed E-state index contributed by atoms with van der Waals surface area (Å²) in [5, 5.41) is 7.27. The Bertz CT molecular complexity index is 528. The molecule has 3 nitrogen and oxygen atoms in total. The lowest BCUT2D eigenvalue weighted by Crippen LogP contribution is -2.12. The number of carbonyl (C=O) groups excluding carboxylic acids is 1. The van der Waals surface area contributed by atoms with Crippen LogP contribution < -0.4 is 5.32 Å². The highest BCUT2D eigenvalue weighted by Gasteiger charge is 2.13. The molecule has 1 amide bonds. The Morgan fingerprint density at radius 1 is 1.25 bits per heavy atom. The molecule has 0 aliphatic rings. The van der Waals surface area contributed by atoms with Gasteiger partial charge in [0.1, 0.15) is 0 Å². The summed E-state index contributed by atoms with van der Waals surface area (Å²) < 4.78 is 0. The summed E-state index contributed by atoms with van der Waals surface area (Å²) in [4.78, 5) is 17.3. The van der Waals surface area contributed by atoms with Gasteiger partial charge < -0.3 is 0 Å². The Kier molecular flexibility index (Phi) is 3.07. The molecule has 0 aliphatic heterocycles. The number of aryl methyl sites for hydroxylation is 2. The Hall–Kier alpha value is -1.20. The van der Waals surface area contributed by atoms with Crippen molar-refractivity contribution < 1.29 is 4.79 Å². The van der Waals surface area contributed by atoms with Gasteiger partial charge in [-0.1, -0.05) is 0 Å². The molecule has 0 atom stereocenters. The second-order valence-corrected chi connectivity index (χ2v) is 5.52. The van der Waals surface area contributed by atoms with Gasteiger partial charge in [-0.15, -0.1) is 22.7 Å².